The lowest BCUT2D eigenvalue weighted by molar-refractivity contribution is -0.649. The molecule has 9 aromatic rings. The van der Waals surface area contributed by atoms with Crippen molar-refractivity contribution in [3.8, 4) is 34.1 Å². The summed E-state index contributed by atoms with van der Waals surface area (Å²) in [4.78, 5) is 4.76. The van der Waals surface area contributed by atoms with Crippen molar-refractivity contribution in [2.75, 3.05) is 0 Å². The molecular weight excluding hydrogens is 793 g/mol. The van der Waals surface area contributed by atoms with E-state index < -0.39 is 12.4 Å². The summed E-state index contributed by atoms with van der Waals surface area (Å²) in [6.07, 6.45) is 5.21. The number of ether oxygens (including phenoxy) is 1. The molecule has 0 saturated heterocycles. The molecule has 6 aromatic carbocycles. The van der Waals surface area contributed by atoms with E-state index in [1.807, 2.05) is 47.2 Å². The van der Waals surface area contributed by atoms with Gasteiger partial charge in [0.25, 0.3) is 0 Å². The molecule has 3 aromatic heterocycles. The van der Waals surface area contributed by atoms with Gasteiger partial charge < -0.3 is 13.9 Å². The second kappa shape index (κ2) is 13.5. The maximum absolute atomic E-state index is 8.85. The Morgan fingerprint density at radius 1 is 0.585 bits per heavy atom. The second-order valence-electron chi connectivity index (χ2n) is 22.6. The van der Waals surface area contributed by atoms with E-state index in [1.54, 1.807) is 0 Å². The van der Waals surface area contributed by atoms with Crippen molar-refractivity contribution in [3.63, 3.8) is 0 Å². The van der Waals surface area contributed by atoms with Crippen LogP contribution in [0.5, 0.6) is 11.5 Å². The first-order valence-corrected chi connectivity index (χ1v) is 23.0. The molecule has 11 rings (SSSR count). The third kappa shape index (κ3) is 5.96. The molecule has 65 heavy (non-hydrogen) atoms. The molecule has 1 aliphatic carbocycles. The minimum absolute atomic E-state index is 0.125. The molecule has 0 bridgehead atoms. The number of aryl methyl sites for hydroxylation is 1. The lowest BCUT2D eigenvalue weighted by Crippen LogP contribution is -2.38. The van der Waals surface area contributed by atoms with Crippen LogP contribution in [-0.4, -0.2) is 14.1 Å². The summed E-state index contributed by atoms with van der Waals surface area (Å²) in [5.74, 6) is 2.13. The van der Waals surface area contributed by atoms with Crippen LogP contribution in [0.15, 0.2) is 128 Å². The number of hydrogen-bond donors (Lipinski definition) is 0. The summed E-state index contributed by atoms with van der Waals surface area (Å²) in [5.41, 5.74) is 14.9. The number of nitrogens with zero attached hydrogens (tertiary/aromatic N) is 4. The Morgan fingerprint density at radius 2 is 1.20 bits per heavy atom. The van der Waals surface area contributed by atoms with Gasteiger partial charge in [-0.1, -0.05) is 156 Å². The Bertz CT molecular complexity index is 3480. The number of rotatable bonds is 3. The number of aromatic nitrogens is 4. The maximum atomic E-state index is 8.85. The minimum Gasteiger partial charge on any atom is -0.458 e. The van der Waals surface area contributed by atoms with Gasteiger partial charge in [-0.2, -0.15) is 0 Å². The molecule has 0 saturated carbocycles. The summed E-state index contributed by atoms with van der Waals surface area (Å²) in [7, 11) is 0. The predicted octanol–water partition coefficient (Wildman–Crippen LogP) is 14.4. The highest BCUT2D eigenvalue weighted by Crippen LogP contribution is 2.65. The summed E-state index contributed by atoms with van der Waals surface area (Å²) in [6, 6.07) is 43.2. The first-order valence-electron chi connectivity index (χ1n) is 24.5. The molecule has 0 radical (unpaired) electrons. The van der Waals surface area contributed by atoms with Crippen molar-refractivity contribution >= 4 is 32.8 Å². The van der Waals surface area contributed by atoms with Crippen LogP contribution in [0.1, 0.15) is 132 Å². The topological polar surface area (TPSA) is 35.9 Å². The highest BCUT2D eigenvalue weighted by molar-refractivity contribution is 6.09. The molecule has 326 valence electrons. The zero-order chi connectivity index (χ0) is 48.2. The smallest absolute Gasteiger partial charge is 0.244 e. The zero-order valence-corrected chi connectivity index (χ0v) is 39.8. The number of para-hydroxylation sites is 2. The van der Waals surface area contributed by atoms with Gasteiger partial charge in [-0.3, -0.25) is 4.57 Å². The number of benzene rings is 6. The molecule has 0 N–H and O–H groups in total. The van der Waals surface area contributed by atoms with Crippen molar-refractivity contribution in [2.24, 2.45) is 6.98 Å². The molecule has 0 fully saturated rings. The Labute approximate surface area is 388 Å². The van der Waals surface area contributed by atoms with Crippen molar-refractivity contribution in [3.05, 3.63) is 178 Å². The second-order valence-corrected chi connectivity index (χ2v) is 22.6. The third-order valence-corrected chi connectivity index (χ3v) is 14.1. The van der Waals surface area contributed by atoms with E-state index in [0.29, 0.717) is 17.0 Å². The van der Waals surface area contributed by atoms with E-state index in [1.165, 1.54) is 49.1 Å². The van der Waals surface area contributed by atoms with Crippen molar-refractivity contribution in [1.29, 1.82) is 0 Å². The van der Waals surface area contributed by atoms with Crippen LogP contribution in [-0.2, 0) is 34.1 Å². The summed E-state index contributed by atoms with van der Waals surface area (Å²) >= 11 is 0. The molecule has 0 unspecified atom stereocenters. The molecule has 1 spiro atoms. The third-order valence-electron chi connectivity index (χ3n) is 14.1. The molecule has 0 amide bonds. The van der Waals surface area contributed by atoms with Crippen LogP contribution >= 0.6 is 0 Å². The van der Waals surface area contributed by atoms with Gasteiger partial charge in [0.15, 0.2) is 0 Å². The average Bonchev–Trinajstić information content (AvgIpc) is 3.92. The van der Waals surface area contributed by atoms with E-state index >= 15 is 0 Å². The van der Waals surface area contributed by atoms with E-state index in [9.17, 15) is 0 Å². The van der Waals surface area contributed by atoms with Crippen molar-refractivity contribution in [1.82, 2.24) is 14.1 Å². The monoisotopic (exact) mass is 855 g/mol. The van der Waals surface area contributed by atoms with Crippen LogP contribution in [0, 0.1) is 6.33 Å². The molecule has 1 aliphatic heterocycles. The maximum Gasteiger partial charge on any atom is 0.244 e. The summed E-state index contributed by atoms with van der Waals surface area (Å²) in [6.45, 7) is 25.4. The van der Waals surface area contributed by atoms with Gasteiger partial charge in [0.1, 0.15) is 17.3 Å². The van der Waals surface area contributed by atoms with Crippen LogP contribution in [0.4, 0.5) is 0 Å². The van der Waals surface area contributed by atoms with Crippen LogP contribution in [0.3, 0.4) is 0 Å². The van der Waals surface area contributed by atoms with Gasteiger partial charge in [-0.15, -0.1) is 0 Å². The first-order chi connectivity index (χ1) is 31.9. The van der Waals surface area contributed by atoms with Crippen LogP contribution in [0.25, 0.3) is 55.5 Å². The largest absolute Gasteiger partial charge is 0.458 e. The Hall–Kier alpha value is -6.46. The average molecular weight is 856 g/mol. The van der Waals surface area contributed by atoms with Crippen molar-refractivity contribution < 1.29 is 13.4 Å². The van der Waals surface area contributed by atoms with E-state index in [0.717, 1.165) is 50.0 Å². The molecular formula is C60H60N4O. The van der Waals surface area contributed by atoms with Gasteiger partial charge in [-0.05, 0) is 120 Å². The number of imidazole rings is 1. The molecule has 4 heterocycles. The van der Waals surface area contributed by atoms with E-state index in [2.05, 4.69) is 179 Å². The Kier molecular flexibility index (Phi) is 7.89. The quantitative estimate of drug-likeness (QED) is 0.131. The van der Waals surface area contributed by atoms with Crippen molar-refractivity contribution in [2.45, 2.75) is 110 Å². The van der Waals surface area contributed by atoms with E-state index in [-0.39, 0.29) is 21.7 Å². The Morgan fingerprint density at radius 3 is 1.82 bits per heavy atom. The van der Waals surface area contributed by atoms with Crippen LogP contribution in [0.2, 0.25) is 0 Å². The predicted molar refractivity (Wildman–Crippen MR) is 268 cm³/mol. The van der Waals surface area contributed by atoms with Gasteiger partial charge >= 0.3 is 0 Å². The SMILES string of the molecule is [2H]C([2H])([2H])[n+]1[c-]n2c3c(cccc31)C1(c3ccc(Oc4ccc5c6ccccc6n(-c6ccccn6)c5c4)cc3-2)c2c(cc(C(C)(C)C)cc2C(C)(C)C)-c2cc(C(C)(C)C)cc(C(C)(C)C)c21. The summed E-state index contributed by atoms with van der Waals surface area (Å²) in [5, 5.41) is 2.24. The number of hydrogen-bond acceptors (Lipinski definition) is 2. The van der Waals surface area contributed by atoms with Gasteiger partial charge in [0, 0.05) is 23.0 Å². The lowest BCUT2D eigenvalue weighted by Gasteiger charge is -2.45. The molecule has 0 atom stereocenters. The first kappa shape index (κ1) is 37.9. The van der Waals surface area contributed by atoms with Gasteiger partial charge in [0.2, 0.25) is 6.33 Å². The van der Waals surface area contributed by atoms with Gasteiger partial charge in [0.05, 0.1) is 44.3 Å². The fourth-order valence-corrected chi connectivity index (χ4v) is 11.0. The van der Waals surface area contributed by atoms with Gasteiger partial charge in [-0.25, -0.2) is 4.98 Å². The highest BCUT2D eigenvalue weighted by Gasteiger charge is 2.54. The fourth-order valence-electron chi connectivity index (χ4n) is 11.0. The standard InChI is InChI=1S/C60H60N4O/c1-56(2,3)36-29-42-43-30-37(57(4,5)6)32-47(59(10,11)12)54(43)60(53(42)46(31-36)58(7,8)9)44-27-25-39(34-51(44)63-35-62(13)49-22-18-20-45(60)55(49)63)65-38-24-26-41-40-19-14-15-21-48(40)64(50(41)33-38)52-23-16-17-28-61-52/h14-34H,1-13H3/i13D3. The fraction of sp³-hybridized carbons (Fsp3) is 0.300. The highest BCUT2D eigenvalue weighted by atomic mass is 16.5. The molecule has 5 nitrogen and oxygen atoms in total. The minimum atomic E-state index is -2.49. The summed E-state index contributed by atoms with van der Waals surface area (Å²) < 4.78 is 39.0. The lowest BCUT2D eigenvalue weighted by atomic mass is 9.60. The number of pyridine rings is 1. The zero-order valence-electron chi connectivity index (χ0n) is 42.8. The molecule has 2 aliphatic rings. The number of fused-ring (bicyclic) bond motifs is 12. The van der Waals surface area contributed by atoms with Crippen LogP contribution < -0.4 is 9.30 Å². The van der Waals surface area contributed by atoms with E-state index in [4.69, 9.17) is 13.8 Å². The molecule has 5 heteroatoms. The normalized spacial score (nSPS) is 15.2. The Balaban J connectivity index is 1.25.